The molecule has 0 spiro atoms. The van der Waals surface area contributed by atoms with E-state index >= 15 is 0 Å². The van der Waals surface area contributed by atoms with Crippen LogP contribution in [0.3, 0.4) is 0 Å². The zero-order valence-corrected chi connectivity index (χ0v) is 20.4. The largest absolute Gasteiger partial charge is 0.477 e. The fourth-order valence-corrected chi connectivity index (χ4v) is 4.74. The summed E-state index contributed by atoms with van der Waals surface area (Å²) in [5.41, 5.74) is 2.14. The summed E-state index contributed by atoms with van der Waals surface area (Å²) in [4.78, 5) is 17.4. The molecular weight excluding hydrogens is 443 g/mol. The molecule has 1 saturated carbocycles. The molecule has 0 aliphatic heterocycles. The molecule has 1 aliphatic rings. The number of benzene rings is 1. The van der Waals surface area contributed by atoms with Crippen molar-refractivity contribution in [2.45, 2.75) is 64.7 Å². The molecule has 1 aromatic heterocycles. The Morgan fingerprint density at radius 3 is 2.61 bits per heavy atom. The summed E-state index contributed by atoms with van der Waals surface area (Å²) in [5.74, 6) is -0.0959. The van der Waals surface area contributed by atoms with Crippen molar-refractivity contribution in [2.24, 2.45) is 5.92 Å². The van der Waals surface area contributed by atoms with Gasteiger partial charge in [-0.05, 0) is 55.9 Å². The maximum atomic E-state index is 14.3. The number of nitrogens with one attached hydrogen (secondary N) is 1. The van der Waals surface area contributed by atoms with Gasteiger partial charge in [0.25, 0.3) is 0 Å². The van der Waals surface area contributed by atoms with E-state index in [0.29, 0.717) is 30.4 Å². The van der Waals surface area contributed by atoms with Crippen LogP contribution < -0.4 is 9.46 Å². The molecule has 1 aliphatic carbocycles. The number of ether oxygens (including phenoxy) is 1. The number of anilines is 1. The Hall–Kier alpha value is -2.48. The third-order valence-corrected chi connectivity index (χ3v) is 6.76. The van der Waals surface area contributed by atoms with Gasteiger partial charge in [-0.3, -0.25) is 9.52 Å². The SMILES string of the molecule is Cc1ccc(CCC(=O)C(C)c2ccc(NS(C)(=O)=O)c(F)c2)c(OCC2CCCCC2)n1. The van der Waals surface area contributed by atoms with Crippen molar-refractivity contribution in [3.05, 3.63) is 53.0 Å². The number of hydrogen-bond donors (Lipinski definition) is 1. The van der Waals surface area contributed by atoms with Crippen molar-refractivity contribution in [3.63, 3.8) is 0 Å². The van der Waals surface area contributed by atoms with Gasteiger partial charge in [-0.2, -0.15) is 0 Å². The minimum absolute atomic E-state index is 0.0305. The van der Waals surface area contributed by atoms with E-state index < -0.39 is 21.8 Å². The van der Waals surface area contributed by atoms with Crippen molar-refractivity contribution < 1.29 is 22.3 Å². The predicted octanol–water partition coefficient (Wildman–Crippen LogP) is 5.17. The fraction of sp³-hybridized carbons (Fsp3) is 0.520. The van der Waals surface area contributed by atoms with Gasteiger partial charge in [0.1, 0.15) is 11.6 Å². The molecule has 180 valence electrons. The highest BCUT2D eigenvalue weighted by Gasteiger charge is 2.20. The van der Waals surface area contributed by atoms with E-state index in [0.717, 1.165) is 17.5 Å². The summed E-state index contributed by atoms with van der Waals surface area (Å²) in [7, 11) is -3.58. The van der Waals surface area contributed by atoms with Crippen LogP contribution in [0.25, 0.3) is 0 Å². The van der Waals surface area contributed by atoms with E-state index in [1.54, 1.807) is 13.0 Å². The lowest BCUT2D eigenvalue weighted by atomic mass is 9.90. The molecule has 2 aromatic rings. The van der Waals surface area contributed by atoms with Crippen LogP contribution in [0.2, 0.25) is 0 Å². The summed E-state index contributed by atoms with van der Waals surface area (Å²) in [6.07, 6.45) is 7.90. The number of rotatable bonds is 10. The molecule has 1 fully saturated rings. The van der Waals surface area contributed by atoms with Gasteiger partial charge in [-0.25, -0.2) is 17.8 Å². The van der Waals surface area contributed by atoms with Crippen LogP contribution in [0.15, 0.2) is 30.3 Å². The van der Waals surface area contributed by atoms with Gasteiger partial charge in [0.2, 0.25) is 15.9 Å². The second kappa shape index (κ2) is 11.1. The summed E-state index contributed by atoms with van der Waals surface area (Å²) in [5, 5.41) is 0. The lowest BCUT2D eigenvalue weighted by molar-refractivity contribution is -0.120. The number of aryl methyl sites for hydroxylation is 2. The third kappa shape index (κ3) is 7.52. The molecule has 1 aromatic carbocycles. The first kappa shape index (κ1) is 25.1. The highest BCUT2D eigenvalue weighted by molar-refractivity contribution is 7.92. The number of Topliss-reactive ketones (excluding diaryl/α,β-unsaturated/α-hetero) is 1. The zero-order valence-electron chi connectivity index (χ0n) is 19.6. The lowest BCUT2D eigenvalue weighted by Gasteiger charge is -2.22. The summed E-state index contributed by atoms with van der Waals surface area (Å²) in [6, 6.07) is 8.01. The average molecular weight is 477 g/mol. The maximum Gasteiger partial charge on any atom is 0.229 e. The average Bonchev–Trinajstić information content (AvgIpc) is 2.77. The van der Waals surface area contributed by atoms with E-state index in [9.17, 15) is 17.6 Å². The minimum atomic E-state index is -3.58. The molecule has 1 heterocycles. The number of nitrogens with zero attached hydrogens (tertiary/aromatic N) is 1. The molecule has 6 nitrogen and oxygen atoms in total. The number of aromatic nitrogens is 1. The second-order valence-electron chi connectivity index (χ2n) is 9.03. The zero-order chi connectivity index (χ0) is 24.0. The van der Waals surface area contributed by atoms with E-state index in [4.69, 9.17) is 4.74 Å². The molecule has 0 radical (unpaired) electrons. The number of sulfonamides is 1. The lowest BCUT2D eigenvalue weighted by Crippen LogP contribution is -2.17. The topological polar surface area (TPSA) is 85.4 Å². The van der Waals surface area contributed by atoms with Crippen LogP contribution in [0, 0.1) is 18.7 Å². The van der Waals surface area contributed by atoms with Gasteiger partial charge < -0.3 is 4.74 Å². The Kier molecular flexibility index (Phi) is 8.46. The quantitative estimate of drug-likeness (QED) is 0.512. The van der Waals surface area contributed by atoms with Gasteiger partial charge in [-0.15, -0.1) is 0 Å². The van der Waals surface area contributed by atoms with Crippen LogP contribution in [-0.4, -0.2) is 32.0 Å². The highest BCUT2D eigenvalue weighted by atomic mass is 32.2. The van der Waals surface area contributed by atoms with E-state index in [1.165, 1.54) is 44.2 Å². The highest BCUT2D eigenvalue weighted by Crippen LogP contribution is 2.27. The van der Waals surface area contributed by atoms with E-state index in [-0.39, 0.29) is 17.9 Å². The van der Waals surface area contributed by atoms with E-state index in [2.05, 4.69) is 9.71 Å². The smallest absolute Gasteiger partial charge is 0.229 e. The number of carbonyl (C=O) groups is 1. The van der Waals surface area contributed by atoms with Gasteiger partial charge in [0, 0.05) is 23.6 Å². The first-order chi connectivity index (χ1) is 15.6. The molecule has 33 heavy (non-hydrogen) atoms. The third-order valence-electron chi connectivity index (χ3n) is 6.17. The minimum Gasteiger partial charge on any atom is -0.477 e. The van der Waals surface area contributed by atoms with Crippen LogP contribution in [0.4, 0.5) is 10.1 Å². The fourth-order valence-electron chi connectivity index (χ4n) is 4.17. The number of halogens is 1. The van der Waals surface area contributed by atoms with Crippen LogP contribution >= 0.6 is 0 Å². The Morgan fingerprint density at radius 2 is 1.94 bits per heavy atom. The molecule has 0 amide bonds. The van der Waals surface area contributed by atoms with Crippen molar-refractivity contribution in [2.75, 3.05) is 17.6 Å². The molecule has 3 rings (SSSR count). The molecular formula is C25H33FN2O4S. The second-order valence-corrected chi connectivity index (χ2v) is 10.8. The normalized spacial score (nSPS) is 15.8. The molecule has 1 unspecified atom stereocenters. The first-order valence-corrected chi connectivity index (χ1v) is 13.4. The van der Waals surface area contributed by atoms with Gasteiger partial charge in [-0.1, -0.05) is 38.3 Å². The maximum absolute atomic E-state index is 14.3. The van der Waals surface area contributed by atoms with E-state index in [1.807, 2.05) is 19.1 Å². The Morgan fingerprint density at radius 1 is 1.21 bits per heavy atom. The van der Waals surface area contributed by atoms with Crippen molar-refractivity contribution in [1.82, 2.24) is 4.98 Å². The molecule has 0 bridgehead atoms. The standard InChI is InChI=1S/C25H33FN2O4S/c1-17-9-10-20(25(27-17)32-16-19-7-5-4-6-8-19)12-14-24(29)18(2)21-11-13-23(22(26)15-21)28-33(3,30)31/h9-11,13,15,18-19,28H,4-8,12,14,16H2,1-3H3. The van der Waals surface area contributed by atoms with Crippen molar-refractivity contribution >= 4 is 21.5 Å². The van der Waals surface area contributed by atoms with Crippen molar-refractivity contribution in [3.8, 4) is 5.88 Å². The summed E-state index contributed by atoms with van der Waals surface area (Å²) in [6.45, 7) is 4.30. The predicted molar refractivity (Wildman–Crippen MR) is 128 cm³/mol. The number of ketones is 1. The summed E-state index contributed by atoms with van der Waals surface area (Å²) >= 11 is 0. The van der Waals surface area contributed by atoms with Gasteiger partial charge in [0.15, 0.2) is 0 Å². The Bertz CT molecular complexity index is 1080. The summed E-state index contributed by atoms with van der Waals surface area (Å²) < 4.78 is 45.2. The van der Waals surface area contributed by atoms with Crippen LogP contribution in [0.1, 0.15) is 68.2 Å². The molecule has 1 atom stereocenters. The first-order valence-electron chi connectivity index (χ1n) is 11.5. The van der Waals surface area contributed by atoms with Crippen LogP contribution in [-0.2, 0) is 21.2 Å². The van der Waals surface area contributed by atoms with Crippen molar-refractivity contribution in [1.29, 1.82) is 0 Å². The molecule has 1 N–H and O–H groups in total. The number of carbonyl (C=O) groups excluding carboxylic acids is 1. The Labute approximate surface area is 196 Å². The van der Waals surface area contributed by atoms with Crippen LogP contribution in [0.5, 0.6) is 5.88 Å². The molecule has 8 heteroatoms. The van der Waals surface area contributed by atoms with Gasteiger partial charge in [0.05, 0.1) is 18.6 Å². The number of pyridine rings is 1. The molecule has 0 saturated heterocycles. The number of hydrogen-bond acceptors (Lipinski definition) is 5. The monoisotopic (exact) mass is 476 g/mol. The Balaban J connectivity index is 1.62. The van der Waals surface area contributed by atoms with Gasteiger partial charge >= 0.3 is 0 Å².